The number of hydrogen-bond acceptors (Lipinski definition) is 4. The number of halogens is 2. The van der Waals surface area contributed by atoms with Crippen molar-refractivity contribution in [2.24, 2.45) is 7.05 Å². The van der Waals surface area contributed by atoms with Crippen LogP contribution in [-0.4, -0.2) is 53.0 Å². The first-order chi connectivity index (χ1) is 15.4. The molecule has 0 saturated carbocycles. The Hall–Kier alpha value is -2.74. The van der Waals surface area contributed by atoms with Crippen molar-refractivity contribution in [2.45, 2.75) is 13.1 Å². The number of carbonyl (C=O) groups is 2. The number of nitrogens with zero attached hydrogens (tertiary/aromatic N) is 3. The highest BCUT2D eigenvalue weighted by atomic mass is 35.5. The summed E-state index contributed by atoms with van der Waals surface area (Å²) in [7, 11) is 3.46. The van der Waals surface area contributed by atoms with Crippen LogP contribution in [-0.2, 0) is 29.7 Å². The fraction of sp³-hybridized carbons (Fsp3) is 0.304. The van der Waals surface area contributed by atoms with Crippen molar-refractivity contribution in [3.8, 4) is 0 Å². The second kappa shape index (κ2) is 11.2. The second-order valence-electron chi connectivity index (χ2n) is 7.28. The Balaban J connectivity index is 1.81. The normalized spacial score (nSPS) is 10.9. The fourth-order valence-corrected chi connectivity index (χ4v) is 3.72. The number of aromatic nitrogens is 1. The summed E-state index contributed by atoms with van der Waals surface area (Å²) in [5.74, 6) is 0.0640. The smallest absolute Gasteiger partial charge is 0.255 e. The van der Waals surface area contributed by atoms with Gasteiger partial charge in [0, 0.05) is 37.6 Å². The third kappa shape index (κ3) is 6.16. The second-order valence-corrected chi connectivity index (χ2v) is 8.13. The monoisotopic (exact) mass is 477 g/mol. The maximum atomic E-state index is 13.3. The van der Waals surface area contributed by atoms with Gasteiger partial charge >= 0.3 is 0 Å². The molecule has 0 unspecified atom stereocenters. The highest BCUT2D eigenvalue weighted by Gasteiger charge is 2.25. The number of benzene rings is 1. The van der Waals surface area contributed by atoms with Crippen LogP contribution >= 0.6 is 23.2 Å². The van der Waals surface area contributed by atoms with Gasteiger partial charge in [0.2, 0.25) is 5.91 Å². The zero-order chi connectivity index (χ0) is 23.1. The van der Waals surface area contributed by atoms with Gasteiger partial charge in [-0.3, -0.25) is 9.59 Å². The minimum absolute atomic E-state index is 0.133. The number of amides is 2. The van der Waals surface area contributed by atoms with Gasteiger partial charge in [0.05, 0.1) is 36.5 Å². The van der Waals surface area contributed by atoms with Crippen molar-refractivity contribution in [1.29, 1.82) is 0 Å². The van der Waals surface area contributed by atoms with Crippen LogP contribution in [0, 0.1) is 0 Å². The van der Waals surface area contributed by atoms with Gasteiger partial charge in [0.1, 0.15) is 12.3 Å². The number of rotatable bonds is 10. The lowest BCUT2D eigenvalue weighted by Gasteiger charge is -2.27. The zero-order valence-electron chi connectivity index (χ0n) is 18.0. The summed E-state index contributed by atoms with van der Waals surface area (Å²) < 4.78 is 12.5. The molecule has 3 rings (SSSR count). The molecule has 0 N–H and O–H groups in total. The lowest BCUT2D eigenvalue weighted by Crippen LogP contribution is -2.44. The number of furan rings is 1. The average Bonchev–Trinajstić information content (AvgIpc) is 3.42. The van der Waals surface area contributed by atoms with Gasteiger partial charge in [-0.1, -0.05) is 23.2 Å². The highest BCUT2D eigenvalue weighted by molar-refractivity contribution is 6.36. The number of carbonyl (C=O) groups excluding carboxylic acids is 2. The third-order valence-electron chi connectivity index (χ3n) is 5.02. The summed E-state index contributed by atoms with van der Waals surface area (Å²) in [5, 5.41) is 0.659. The Bertz CT molecular complexity index is 1050. The van der Waals surface area contributed by atoms with Gasteiger partial charge in [0.25, 0.3) is 5.91 Å². The lowest BCUT2D eigenvalue weighted by molar-refractivity contribution is -0.133. The number of aryl methyl sites for hydroxylation is 1. The Kier molecular flexibility index (Phi) is 8.39. The molecule has 2 heterocycles. The maximum absolute atomic E-state index is 13.3. The molecule has 0 fully saturated rings. The van der Waals surface area contributed by atoms with Gasteiger partial charge < -0.3 is 23.5 Å². The summed E-state index contributed by atoms with van der Waals surface area (Å²) in [6.45, 7) is 1.04. The lowest BCUT2D eigenvalue weighted by atomic mass is 10.2. The molecule has 3 aromatic rings. The van der Waals surface area contributed by atoms with Crippen molar-refractivity contribution in [3.05, 3.63) is 82.0 Å². The number of methoxy groups -OCH3 is 1. The van der Waals surface area contributed by atoms with Gasteiger partial charge in [-0.05, 0) is 42.5 Å². The molecular formula is C23H25Cl2N3O4. The number of ether oxygens (including phenoxy) is 1. The van der Waals surface area contributed by atoms with Crippen LogP contribution in [0.5, 0.6) is 0 Å². The van der Waals surface area contributed by atoms with Crippen molar-refractivity contribution >= 4 is 35.0 Å². The minimum atomic E-state index is -0.367. The van der Waals surface area contributed by atoms with E-state index >= 15 is 0 Å². The van der Waals surface area contributed by atoms with Crippen LogP contribution in [0.3, 0.4) is 0 Å². The van der Waals surface area contributed by atoms with Crippen molar-refractivity contribution in [1.82, 2.24) is 14.4 Å². The first-order valence-electron chi connectivity index (χ1n) is 10.0. The molecule has 9 heteroatoms. The molecule has 2 aromatic heterocycles. The quantitative estimate of drug-likeness (QED) is 0.437. The van der Waals surface area contributed by atoms with E-state index in [2.05, 4.69) is 0 Å². The van der Waals surface area contributed by atoms with E-state index in [1.807, 2.05) is 36.0 Å². The SMILES string of the molecule is COCCN(CC(=O)N(Cc1ccco1)Cc1cccn1C)C(=O)c1ccc(Cl)cc1Cl. The van der Waals surface area contributed by atoms with Gasteiger partial charge in [-0.2, -0.15) is 0 Å². The van der Waals surface area contributed by atoms with Crippen LogP contribution in [0.15, 0.2) is 59.3 Å². The predicted molar refractivity (Wildman–Crippen MR) is 123 cm³/mol. The number of hydrogen-bond donors (Lipinski definition) is 0. The third-order valence-corrected chi connectivity index (χ3v) is 5.57. The van der Waals surface area contributed by atoms with Crippen molar-refractivity contribution in [2.75, 3.05) is 26.8 Å². The summed E-state index contributed by atoms with van der Waals surface area (Å²) in [5.41, 5.74) is 1.24. The molecule has 0 aliphatic heterocycles. The molecule has 0 aliphatic rings. The van der Waals surface area contributed by atoms with E-state index < -0.39 is 0 Å². The topological polar surface area (TPSA) is 67.9 Å². The molecule has 7 nitrogen and oxygen atoms in total. The standard InChI is InChI=1S/C23H25Cl2N3O4/c1-26-9-3-5-18(26)14-28(15-19-6-4-11-32-19)22(29)16-27(10-12-31-2)23(30)20-8-7-17(24)13-21(20)25/h3-9,11,13H,10,12,14-16H2,1-2H3. The Labute approximate surface area is 197 Å². The van der Waals surface area contributed by atoms with E-state index in [1.54, 1.807) is 36.5 Å². The molecule has 0 atom stereocenters. The van der Waals surface area contributed by atoms with Crippen LogP contribution in [0.1, 0.15) is 21.8 Å². The largest absolute Gasteiger partial charge is 0.467 e. The van der Waals surface area contributed by atoms with Crippen LogP contribution in [0.25, 0.3) is 0 Å². The molecular weight excluding hydrogens is 453 g/mol. The van der Waals surface area contributed by atoms with E-state index in [9.17, 15) is 9.59 Å². The van der Waals surface area contributed by atoms with E-state index in [4.69, 9.17) is 32.4 Å². The van der Waals surface area contributed by atoms with E-state index in [1.165, 1.54) is 11.0 Å². The van der Waals surface area contributed by atoms with Crippen LogP contribution < -0.4 is 0 Å². The molecule has 0 aliphatic carbocycles. The van der Waals surface area contributed by atoms with E-state index in [0.717, 1.165) is 5.69 Å². The summed E-state index contributed by atoms with van der Waals surface area (Å²) in [6, 6.07) is 12.1. The molecule has 0 spiro atoms. The molecule has 1 aromatic carbocycles. The molecule has 0 bridgehead atoms. The first kappa shape index (κ1) is 23.9. The van der Waals surface area contributed by atoms with Gasteiger partial charge in [0.15, 0.2) is 0 Å². The van der Waals surface area contributed by atoms with Crippen molar-refractivity contribution < 1.29 is 18.7 Å². The van der Waals surface area contributed by atoms with Crippen LogP contribution in [0.2, 0.25) is 10.0 Å². The van der Waals surface area contributed by atoms with Crippen molar-refractivity contribution in [3.63, 3.8) is 0 Å². The summed E-state index contributed by atoms with van der Waals surface area (Å²) in [6.07, 6.45) is 3.49. The van der Waals surface area contributed by atoms with Gasteiger partial charge in [-0.25, -0.2) is 0 Å². The maximum Gasteiger partial charge on any atom is 0.255 e. The Morgan fingerprint density at radius 2 is 1.91 bits per heavy atom. The molecule has 170 valence electrons. The molecule has 2 amide bonds. The molecule has 0 saturated heterocycles. The Morgan fingerprint density at radius 1 is 1.09 bits per heavy atom. The summed E-state index contributed by atoms with van der Waals surface area (Å²) >= 11 is 12.2. The minimum Gasteiger partial charge on any atom is -0.467 e. The average molecular weight is 478 g/mol. The summed E-state index contributed by atoms with van der Waals surface area (Å²) in [4.78, 5) is 29.6. The van der Waals surface area contributed by atoms with Crippen LogP contribution in [0.4, 0.5) is 0 Å². The zero-order valence-corrected chi connectivity index (χ0v) is 19.5. The fourth-order valence-electron chi connectivity index (χ4n) is 3.23. The molecule has 32 heavy (non-hydrogen) atoms. The van der Waals surface area contributed by atoms with Gasteiger partial charge in [-0.15, -0.1) is 0 Å². The van der Waals surface area contributed by atoms with E-state index in [-0.39, 0.29) is 48.6 Å². The highest BCUT2D eigenvalue weighted by Crippen LogP contribution is 2.22. The first-order valence-corrected chi connectivity index (χ1v) is 10.8. The van der Waals surface area contributed by atoms with E-state index in [0.29, 0.717) is 17.3 Å². The Morgan fingerprint density at radius 3 is 2.53 bits per heavy atom. The molecule has 0 radical (unpaired) electrons. The predicted octanol–water partition coefficient (Wildman–Crippen LogP) is 4.24.